The highest BCUT2D eigenvalue weighted by molar-refractivity contribution is 5.49. The summed E-state index contributed by atoms with van der Waals surface area (Å²) in [6, 6.07) is 2.11. The number of nitrogens with zero attached hydrogens (tertiary/aromatic N) is 4. The second kappa shape index (κ2) is 5.87. The summed E-state index contributed by atoms with van der Waals surface area (Å²) in [6.45, 7) is 4.00. The number of hydrogen-bond acceptors (Lipinski definition) is 5. The van der Waals surface area contributed by atoms with Crippen molar-refractivity contribution in [3.05, 3.63) is 40.9 Å². The van der Waals surface area contributed by atoms with Gasteiger partial charge in [-0.2, -0.15) is 0 Å². The topological polar surface area (TPSA) is 63.6 Å². The molecule has 0 spiro atoms. The molecule has 1 fully saturated rings. The first-order chi connectivity index (χ1) is 11.2. The molecule has 1 N–H and O–H groups in total. The van der Waals surface area contributed by atoms with E-state index in [1.165, 1.54) is 36.9 Å². The van der Waals surface area contributed by atoms with E-state index >= 15 is 0 Å². The molecule has 0 bridgehead atoms. The molecule has 23 heavy (non-hydrogen) atoms. The van der Waals surface area contributed by atoms with Gasteiger partial charge in [-0.15, -0.1) is 0 Å². The van der Waals surface area contributed by atoms with Gasteiger partial charge in [0.2, 0.25) is 0 Å². The first-order valence-corrected chi connectivity index (χ1v) is 8.63. The van der Waals surface area contributed by atoms with E-state index in [4.69, 9.17) is 4.98 Å². The normalized spacial score (nSPS) is 18.3. The van der Waals surface area contributed by atoms with Crippen molar-refractivity contribution in [2.75, 3.05) is 5.32 Å². The van der Waals surface area contributed by atoms with Gasteiger partial charge in [0.05, 0.1) is 6.04 Å². The molecule has 5 nitrogen and oxygen atoms in total. The number of nitrogens with one attached hydrogen (secondary N) is 1. The zero-order chi connectivity index (χ0) is 15.8. The second-order valence-corrected chi connectivity index (χ2v) is 6.77. The minimum atomic E-state index is 0.162. The lowest BCUT2D eigenvalue weighted by Crippen LogP contribution is -2.20. The molecular weight excluding hydrogens is 286 g/mol. The van der Waals surface area contributed by atoms with Crippen LogP contribution in [-0.2, 0) is 12.8 Å². The first kappa shape index (κ1) is 14.5. The summed E-state index contributed by atoms with van der Waals surface area (Å²) in [5.74, 6) is 3.38. The van der Waals surface area contributed by atoms with Gasteiger partial charge in [0.15, 0.2) is 5.82 Å². The van der Waals surface area contributed by atoms with E-state index in [-0.39, 0.29) is 6.04 Å². The van der Waals surface area contributed by atoms with E-state index < -0.39 is 0 Å². The third kappa shape index (κ3) is 3.05. The van der Waals surface area contributed by atoms with Crippen LogP contribution in [0.4, 0.5) is 5.82 Å². The lowest BCUT2D eigenvalue weighted by atomic mass is 9.96. The van der Waals surface area contributed by atoms with Crippen LogP contribution in [0.25, 0.3) is 0 Å². The second-order valence-electron chi connectivity index (χ2n) is 6.77. The standard InChI is InChI=1S/C18H23N5/c1-11-9-10-19-18(20-11)16(13-7-8-13)23-17-14-5-3-4-6-15(14)21-12(2)22-17/h9-10,13,16H,3-8H2,1-2H3,(H,21,22,23). The number of aryl methyl sites for hydroxylation is 3. The molecule has 0 aromatic carbocycles. The number of aromatic nitrogens is 4. The van der Waals surface area contributed by atoms with E-state index in [0.717, 1.165) is 36.0 Å². The average molecular weight is 309 g/mol. The Bertz CT molecular complexity index is 723. The highest BCUT2D eigenvalue weighted by atomic mass is 15.1. The molecule has 2 aliphatic carbocycles. The summed E-state index contributed by atoms with van der Waals surface area (Å²) in [6.07, 6.45) is 8.93. The van der Waals surface area contributed by atoms with Gasteiger partial charge < -0.3 is 5.32 Å². The smallest absolute Gasteiger partial charge is 0.151 e. The summed E-state index contributed by atoms with van der Waals surface area (Å²) in [5.41, 5.74) is 3.55. The Labute approximate surface area is 137 Å². The summed E-state index contributed by atoms with van der Waals surface area (Å²) in [4.78, 5) is 18.5. The molecule has 0 saturated heterocycles. The number of rotatable bonds is 4. The predicted molar refractivity (Wildman–Crippen MR) is 89.3 cm³/mol. The monoisotopic (exact) mass is 309 g/mol. The fourth-order valence-electron chi connectivity index (χ4n) is 3.43. The van der Waals surface area contributed by atoms with Crippen LogP contribution >= 0.6 is 0 Å². The van der Waals surface area contributed by atoms with Gasteiger partial charge in [-0.25, -0.2) is 19.9 Å². The largest absolute Gasteiger partial charge is 0.359 e. The third-order valence-corrected chi connectivity index (χ3v) is 4.77. The lowest BCUT2D eigenvalue weighted by Gasteiger charge is -2.23. The zero-order valence-electron chi connectivity index (χ0n) is 13.8. The summed E-state index contributed by atoms with van der Waals surface area (Å²) >= 11 is 0. The van der Waals surface area contributed by atoms with E-state index in [9.17, 15) is 0 Å². The number of anilines is 1. The first-order valence-electron chi connectivity index (χ1n) is 8.63. The molecule has 2 heterocycles. The Balaban J connectivity index is 1.69. The Morgan fingerprint density at radius 2 is 1.91 bits per heavy atom. The van der Waals surface area contributed by atoms with E-state index in [1.54, 1.807) is 0 Å². The van der Waals surface area contributed by atoms with Crippen molar-refractivity contribution < 1.29 is 0 Å². The van der Waals surface area contributed by atoms with Crippen LogP contribution in [0.3, 0.4) is 0 Å². The summed E-state index contributed by atoms with van der Waals surface area (Å²) in [5, 5.41) is 3.68. The van der Waals surface area contributed by atoms with Gasteiger partial charge in [-0.3, -0.25) is 0 Å². The number of hydrogen-bond donors (Lipinski definition) is 1. The molecule has 2 aromatic heterocycles. The van der Waals surface area contributed by atoms with Gasteiger partial charge in [0.1, 0.15) is 11.6 Å². The third-order valence-electron chi connectivity index (χ3n) is 4.77. The molecule has 1 saturated carbocycles. The molecule has 2 aromatic rings. The van der Waals surface area contributed by atoms with Crippen LogP contribution in [0.5, 0.6) is 0 Å². The Hall–Kier alpha value is -2.04. The molecule has 1 atom stereocenters. The summed E-state index contributed by atoms with van der Waals surface area (Å²) < 4.78 is 0. The van der Waals surface area contributed by atoms with Gasteiger partial charge >= 0.3 is 0 Å². The highest BCUT2D eigenvalue weighted by Crippen LogP contribution is 2.42. The number of fused-ring (bicyclic) bond motifs is 1. The van der Waals surface area contributed by atoms with E-state index in [1.807, 2.05) is 26.1 Å². The van der Waals surface area contributed by atoms with Crippen molar-refractivity contribution in [1.82, 2.24) is 19.9 Å². The van der Waals surface area contributed by atoms with Gasteiger partial charge in [0.25, 0.3) is 0 Å². The van der Waals surface area contributed by atoms with Crippen molar-refractivity contribution in [1.29, 1.82) is 0 Å². The van der Waals surface area contributed by atoms with Crippen molar-refractivity contribution in [3.8, 4) is 0 Å². The molecule has 1 unspecified atom stereocenters. The Kier molecular flexibility index (Phi) is 3.71. The molecule has 5 heteroatoms. The van der Waals surface area contributed by atoms with Crippen LogP contribution in [0.2, 0.25) is 0 Å². The minimum Gasteiger partial charge on any atom is -0.359 e. The molecule has 0 amide bonds. The van der Waals surface area contributed by atoms with Crippen LogP contribution in [0, 0.1) is 19.8 Å². The van der Waals surface area contributed by atoms with Crippen LogP contribution < -0.4 is 5.32 Å². The maximum atomic E-state index is 4.71. The maximum Gasteiger partial charge on any atom is 0.151 e. The maximum absolute atomic E-state index is 4.71. The van der Waals surface area contributed by atoms with Crippen LogP contribution in [-0.4, -0.2) is 19.9 Å². The molecule has 2 aliphatic rings. The highest BCUT2D eigenvalue weighted by Gasteiger charge is 2.35. The van der Waals surface area contributed by atoms with Crippen molar-refractivity contribution in [2.24, 2.45) is 5.92 Å². The molecular formula is C18H23N5. The van der Waals surface area contributed by atoms with Crippen molar-refractivity contribution in [3.63, 3.8) is 0 Å². The summed E-state index contributed by atoms with van der Waals surface area (Å²) in [7, 11) is 0. The zero-order valence-corrected chi connectivity index (χ0v) is 13.8. The quantitative estimate of drug-likeness (QED) is 0.938. The van der Waals surface area contributed by atoms with Gasteiger partial charge in [0, 0.05) is 23.1 Å². The minimum absolute atomic E-state index is 0.162. The SMILES string of the molecule is Cc1ccnc(C(Nc2nc(C)nc3c2CCCC3)C2CC2)n1. The van der Waals surface area contributed by atoms with E-state index in [2.05, 4.69) is 20.3 Å². The predicted octanol–water partition coefficient (Wildman–Crippen LogP) is 3.33. The fourth-order valence-corrected chi connectivity index (χ4v) is 3.43. The van der Waals surface area contributed by atoms with Gasteiger partial charge in [-0.05, 0) is 64.4 Å². The van der Waals surface area contributed by atoms with Crippen LogP contribution in [0.1, 0.15) is 60.3 Å². The Morgan fingerprint density at radius 3 is 2.70 bits per heavy atom. The van der Waals surface area contributed by atoms with E-state index in [0.29, 0.717) is 5.92 Å². The van der Waals surface area contributed by atoms with Crippen LogP contribution in [0.15, 0.2) is 12.3 Å². The fraction of sp³-hybridized carbons (Fsp3) is 0.556. The van der Waals surface area contributed by atoms with Crippen molar-refractivity contribution >= 4 is 5.82 Å². The Morgan fingerprint density at radius 1 is 1.09 bits per heavy atom. The molecule has 0 aliphatic heterocycles. The van der Waals surface area contributed by atoms with Gasteiger partial charge in [-0.1, -0.05) is 0 Å². The lowest BCUT2D eigenvalue weighted by molar-refractivity contribution is 0.617. The molecule has 4 rings (SSSR count). The van der Waals surface area contributed by atoms with Crippen molar-refractivity contribution in [2.45, 2.75) is 58.4 Å². The molecule has 0 radical (unpaired) electrons. The molecule has 120 valence electrons. The average Bonchev–Trinajstić information content (AvgIpc) is 3.37.